The zero-order chi connectivity index (χ0) is 15.2. The Balaban J connectivity index is 2.70. The predicted octanol–water partition coefficient (Wildman–Crippen LogP) is 2.05. The van der Waals surface area contributed by atoms with Gasteiger partial charge in [-0.15, -0.1) is 13.2 Å². The lowest BCUT2D eigenvalue weighted by Crippen LogP contribution is -2.20. The molecule has 108 valence electrons. The number of rotatable bonds is 3. The first kappa shape index (κ1) is 15.7. The second-order valence-electron chi connectivity index (χ2n) is 3.84. The van der Waals surface area contributed by atoms with E-state index < -0.39 is 12.1 Å². The maximum Gasteiger partial charge on any atom is 0.573 e. The molecular formula is C13H13F3N2O2. The Morgan fingerprint density at radius 2 is 2.15 bits per heavy atom. The molecule has 0 unspecified atom stereocenters. The molecule has 0 heterocycles. The van der Waals surface area contributed by atoms with Crippen LogP contribution in [0.5, 0.6) is 5.75 Å². The van der Waals surface area contributed by atoms with Gasteiger partial charge >= 0.3 is 6.36 Å². The van der Waals surface area contributed by atoms with Crippen LogP contribution in [0.2, 0.25) is 0 Å². The summed E-state index contributed by atoms with van der Waals surface area (Å²) in [4.78, 5) is 10.6. The van der Waals surface area contributed by atoms with Crippen molar-refractivity contribution in [1.29, 1.82) is 0 Å². The fraction of sp³-hybridized carbons (Fsp3) is 0.308. The number of halogens is 3. The van der Waals surface area contributed by atoms with E-state index in [-0.39, 0.29) is 11.6 Å². The third-order valence-electron chi connectivity index (χ3n) is 2.10. The summed E-state index contributed by atoms with van der Waals surface area (Å²) in [7, 11) is 0. The molecule has 0 radical (unpaired) electrons. The fourth-order valence-corrected chi connectivity index (χ4v) is 1.29. The molecule has 0 fully saturated rings. The van der Waals surface area contributed by atoms with Gasteiger partial charge in [-0.25, -0.2) is 0 Å². The Morgan fingerprint density at radius 3 is 2.75 bits per heavy atom. The number of carbonyl (C=O) groups excluding carboxylic acids is 1. The maximum absolute atomic E-state index is 12.1. The van der Waals surface area contributed by atoms with E-state index in [9.17, 15) is 18.0 Å². The zero-order valence-electron chi connectivity index (χ0n) is 10.7. The number of nitrogen functional groups attached to an aromatic ring is 1. The van der Waals surface area contributed by atoms with E-state index in [4.69, 9.17) is 5.73 Å². The van der Waals surface area contributed by atoms with Gasteiger partial charge in [-0.3, -0.25) is 4.79 Å². The van der Waals surface area contributed by atoms with Gasteiger partial charge in [-0.05, 0) is 18.2 Å². The van der Waals surface area contributed by atoms with Crippen LogP contribution in [0.4, 0.5) is 18.9 Å². The van der Waals surface area contributed by atoms with Crippen LogP contribution < -0.4 is 15.8 Å². The van der Waals surface area contributed by atoms with E-state index in [1.807, 2.05) is 0 Å². The van der Waals surface area contributed by atoms with Crippen molar-refractivity contribution in [3.8, 4) is 17.6 Å². The smallest absolute Gasteiger partial charge is 0.404 e. The number of hydrogen-bond acceptors (Lipinski definition) is 3. The van der Waals surface area contributed by atoms with Crippen LogP contribution in [0, 0.1) is 11.8 Å². The normalized spacial score (nSPS) is 10.4. The Bertz CT molecular complexity index is 545. The highest BCUT2D eigenvalue weighted by Gasteiger charge is 2.31. The molecule has 20 heavy (non-hydrogen) atoms. The van der Waals surface area contributed by atoms with Crippen molar-refractivity contribution >= 4 is 11.6 Å². The maximum atomic E-state index is 12.1. The molecule has 1 rings (SSSR count). The summed E-state index contributed by atoms with van der Waals surface area (Å²) < 4.78 is 40.2. The first-order chi connectivity index (χ1) is 9.28. The minimum absolute atomic E-state index is 0.119. The Hall–Kier alpha value is -2.36. The Labute approximate surface area is 114 Å². The van der Waals surface area contributed by atoms with Gasteiger partial charge in [0, 0.05) is 25.5 Å². The molecule has 4 nitrogen and oxygen atoms in total. The van der Waals surface area contributed by atoms with Gasteiger partial charge in [0.25, 0.3) is 0 Å². The summed E-state index contributed by atoms with van der Waals surface area (Å²) in [5.41, 5.74) is 5.61. The molecule has 0 aliphatic rings. The lowest BCUT2D eigenvalue weighted by atomic mass is 10.2. The Morgan fingerprint density at radius 1 is 1.45 bits per heavy atom. The van der Waals surface area contributed by atoms with Crippen molar-refractivity contribution in [2.24, 2.45) is 0 Å². The molecule has 0 saturated carbocycles. The van der Waals surface area contributed by atoms with E-state index in [0.717, 1.165) is 6.07 Å². The van der Waals surface area contributed by atoms with E-state index >= 15 is 0 Å². The number of hydrogen-bond donors (Lipinski definition) is 2. The van der Waals surface area contributed by atoms with Crippen molar-refractivity contribution in [3.05, 3.63) is 23.8 Å². The molecule has 1 amide bonds. The highest BCUT2D eigenvalue weighted by atomic mass is 19.4. The van der Waals surface area contributed by atoms with Crippen molar-refractivity contribution in [3.63, 3.8) is 0 Å². The fourth-order valence-electron chi connectivity index (χ4n) is 1.29. The summed E-state index contributed by atoms with van der Waals surface area (Å²) in [6, 6.07) is 3.90. The highest BCUT2D eigenvalue weighted by Crippen LogP contribution is 2.28. The number of ether oxygens (including phenoxy) is 1. The second kappa shape index (κ2) is 6.70. The van der Waals surface area contributed by atoms with Crippen molar-refractivity contribution in [1.82, 2.24) is 5.32 Å². The predicted molar refractivity (Wildman–Crippen MR) is 67.7 cm³/mol. The van der Waals surface area contributed by atoms with Crippen LogP contribution in [0.3, 0.4) is 0 Å². The van der Waals surface area contributed by atoms with Crippen molar-refractivity contribution < 1.29 is 22.7 Å². The number of nitrogens with one attached hydrogen (secondary N) is 1. The molecular weight excluding hydrogens is 273 g/mol. The van der Waals surface area contributed by atoms with Gasteiger partial charge < -0.3 is 15.8 Å². The monoisotopic (exact) mass is 286 g/mol. The first-order valence-electron chi connectivity index (χ1n) is 5.66. The summed E-state index contributed by atoms with van der Waals surface area (Å²) in [5.74, 6) is 4.74. The van der Waals surface area contributed by atoms with E-state index in [0.29, 0.717) is 18.5 Å². The van der Waals surface area contributed by atoms with E-state index in [2.05, 4.69) is 21.9 Å². The lowest BCUT2D eigenvalue weighted by Gasteiger charge is -2.11. The molecule has 3 N–H and O–H groups in total. The molecule has 0 aliphatic carbocycles. The summed E-state index contributed by atoms with van der Waals surface area (Å²) in [6.45, 7) is 1.76. The van der Waals surface area contributed by atoms with Gasteiger partial charge in [0.15, 0.2) is 5.75 Å². The molecule has 1 aromatic rings. The molecule has 0 aromatic heterocycles. The molecule has 0 saturated heterocycles. The Kier molecular flexibility index (Phi) is 5.26. The highest BCUT2D eigenvalue weighted by molar-refractivity contribution is 5.72. The van der Waals surface area contributed by atoms with Crippen LogP contribution in [0.25, 0.3) is 0 Å². The average Bonchev–Trinajstić information content (AvgIpc) is 2.30. The van der Waals surface area contributed by atoms with Crippen molar-refractivity contribution in [2.75, 3.05) is 12.3 Å². The van der Waals surface area contributed by atoms with Crippen LogP contribution in [-0.4, -0.2) is 18.8 Å². The molecule has 0 bridgehead atoms. The van der Waals surface area contributed by atoms with Crippen molar-refractivity contribution in [2.45, 2.75) is 19.7 Å². The minimum Gasteiger partial charge on any atom is -0.404 e. The number of alkyl halides is 3. The number of anilines is 1. The van der Waals surface area contributed by atoms with Crippen LogP contribution in [0.1, 0.15) is 18.9 Å². The summed E-state index contributed by atoms with van der Waals surface area (Å²) >= 11 is 0. The standard InChI is InChI=1S/C13H13F3N2O2/c1-9(19)18-7-3-2-4-10-5-6-11(17)12(8-10)20-13(14,15)16/h5-6,8H,3,7,17H2,1H3,(H,18,19). The van der Waals surface area contributed by atoms with Crippen LogP contribution in [0.15, 0.2) is 18.2 Å². The largest absolute Gasteiger partial charge is 0.573 e. The molecule has 0 atom stereocenters. The topological polar surface area (TPSA) is 64.4 Å². The van der Waals surface area contributed by atoms with Crippen LogP contribution in [-0.2, 0) is 4.79 Å². The third kappa shape index (κ3) is 6.00. The van der Waals surface area contributed by atoms with Gasteiger partial charge in [0.1, 0.15) is 0 Å². The SMILES string of the molecule is CC(=O)NCCC#Cc1ccc(N)c(OC(F)(F)F)c1. The molecule has 0 spiro atoms. The van der Waals surface area contributed by atoms with Gasteiger partial charge in [0.2, 0.25) is 5.91 Å². The summed E-state index contributed by atoms with van der Waals surface area (Å²) in [5, 5.41) is 2.55. The zero-order valence-corrected chi connectivity index (χ0v) is 10.7. The number of amides is 1. The number of carbonyl (C=O) groups is 1. The lowest BCUT2D eigenvalue weighted by molar-refractivity contribution is -0.274. The number of nitrogens with two attached hydrogens (primary N) is 1. The average molecular weight is 286 g/mol. The van der Waals surface area contributed by atoms with Crippen LogP contribution >= 0.6 is 0 Å². The second-order valence-corrected chi connectivity index (χ2v) is 3.84. The summed E-state index contributed by atoms with van der Waals surface area (Å²) in [6.07, 6.45) is -4.41. The van der Waals surface area contributed by atoms with Gasteiger partial charge in [-0.2, -0.15) is 0 Å². The molecule has 0 aliphatic heterocycles. The number of benzene rings is 1. The quantitative estimate of drug-likeness (QED) is 0.508. The minimum atomic E-state index is -4.80. The van der Waals surface area contributed by atoms with Gasteiger partial charge in [-0.1, -0.05) is 11.8 Å². The third-order valence-corrected chi connectivity index (χ3v) is 2.10. The van der Waals surface area contributed by atoms with E-state index in [1.165, 1.54) is 19.1 Å². The van der Waals surface area contributed by atoms with E-state index in [1.54, 1.807) is 0 Å². The van der Waals surface area contributed by atoms with Gasteiger partial charge in [0.05, 0.1) is 5.69 Å². The first-order valence-corrected chi connectivity index (χ1v) is 5.66. The molecule has 7 heteroatoms. The molecule has 1 aromatic carbocycles.